The molecular weight excluding hydrogens is 242 g/mol. The van der Waals surface area contributed by atoms with E-state index < -0.39 is 0 Å². The highest BCUT2D eigenvalue weighted by Gasteiger charge is 2.04. The Labute approximate surface area is 93.2 Å². The van der Waals surface area contributed by atoms with Crippen molar-refractivity contribution in [3.8, 4) is 0 Å². The second kappa shape index (κ2) is 5.20. The summed E-state index contributed by atoms with van der Waals surface area (Å²) < 4.78 is 0.804. The monoisotopic (exact) mass is 257 g/mol. The maximum absolute atomic E-state index is 5.79. The van der Waals surface area contributed by atoms with Crippen LogP contribution in [0.4, 0.5) is 11.4 Å². The Kier molecular flexibility index (Phi) is 4.20. The van der Waals surface area contributed by atoms with Crippen molar-refractivity contribution in [2.45, 2.75) is 32.7 Å². The molecule has 0 radical (unpaired) electrons. The van der Waals surface area contributed by atoms with E-state index in [0.29, 0.717) is 11.7 Å². The van der Waals surface area contributed by atoms with E-state index in [1.807, 2.05) is 6.07 Å². The lowest BCUT2D eigenvalue weighted by Crippen LogP contribution is -2.15. The molecule has 0 aromatic carbocycles. The van der Waals surface area contributed by atoms with Gasteiger partial charge in [-0.1, -0.05) is 13.3 Å². The Bertz CT molecular complexity index is 301. The van der Waals surface area contributed by atoms with Gasteiger partial charge in [-0.25, -0.2) is 4.98 Å². The fourth-order valence-corrected chi connectivity index (χ4v) is 1.67. The lowest BCUT2D eigenvalue weighted by Gasteiger charge is -2.15. The molecular formula is C10H16BrN3. The second-order valence-electron chi connectivity index (χ2n) is 3.43. The average molecular weight is 258 g/mol. The highest BCUT2D eigenvalue weighted by atomic mass is 79.9. The number of rotatable bonds is 4. The Morgan fingerprint density at radius 3 is 3.00 bits per heavy atom. The van der Waals surface area contributed by atoms with E-state index in [-0.39, 0.29) is 0 Å². The minimum absolute atomic E-state index is 0.441. The lowest BCUT2D eigenvalue weighted by molar-refractivity contribution is 0.690. The number of nitrogens with two attached hydrogens (primary N) is 1. The Hall–Kier alpha value is -0.770. The van der Waals surface area contributed by atoms with Gasteiger partial charge in [0.25, 0.3) is 0 Å². The summed E-state index contributed by atoms with van der Waals surface area (Å²) in [4.78, 5) is 4.04. The molecule has 3 N–H and O–H groups in total. The van der Waals surface area contributed by atoms with Crippen molar-refractivity contribution < 1.29 is 0 Å². The van der Waals surface area contributed by atoms with Gasteiger partial charge < -0.3 is 11.1 Å². The summed E-state index contributed by atoms with van der Waals surface area (Å²) in [7, 11) is 0. The topological polar surface area (TPSA) is 50.9 Å². The molecule has 1 rings (SSSR count). The van der Waals surface area contributed by atoms with E-state index in [1.54, 1.807) is 6.20 Å². The quantitative estimate of drug-likeness (QED) is 0.816. The van der Waals surface area contributed by atoms with Crippen LogP contribution in [0, 0.1) is 0 Å². The van der Waals surface area contributed by atoms with Crippen molar-refractivity contribution >= 4 is 27.3 Å². The number of nitrogens with one attached hydrogen (secondary N) is 1. The number of hydrogen-bond donors (Lipinski definition) is 2. The van der Waals surface area contributed by atoms with Crippen LogP contribution in [0.2, 0.25) is 0 Å². The highest BCUT2D eigenvalue weighted by molar-refractivity contribution is 9.10. The van der Waals surface area contributed by atoms with E-state index >= 15 is 0 Å². The third kappa shape index (κ3) is 3.18. The van der Waals surface area contributed by atoms with E-state index in [1.165, 1.54) is 6.42 Å². The molecule has 1 aromatic heterocycles. The first-order chi connectivity index (χ1) is 6.63. The van der Waals surface area contributed by atoms with E-state index in [4.69, 9.17) is 5.73 Å². The predicted octanol–water partition coefficient (Wildman–Crippen LogP) is 3.03. The number of hydrogen-bond acceptors (Lipinski definition) is 3. The predicted molar refractivity (Wildman–Crippen MR) is 64.3 cm³/mol. The van der Waals surface area contributed by atoms with E-state index in [2.05, 4.69) is 40.1 Å². The van der Waals surface area contributed by atoms with Crippen molar-refractivity contribution in [2.75, 3.05) is 11.1 Å². The SMILES string of the molecule is CCCC(C)Nc1cc(Br)ncc1N. The molecule has 1 heterocycles. The molecule has 4 heteroatoms. The first-order valence-corrected chi connectivity index (χ1v) is 5.60. The molecule has 1 unspecified atom stereocenters. The molecule has 0 spiro atoms. The van der Waals surface area contributed by atoms with Gasteiger partial charge in [0.15, 0.2) is 0 Å². The summed E-state index contributed by atoms with van der Waals surface area (Å²) in [6, 6.07) is 2.35. The van der Waals surface area contributed by atoms with Gasteiger partial charge in [0.2, 0.25) is 0 Å². The van der Waals surface area contributed by atoms with Crippen LogP contribution < -0.4 is 11.1 Å². The summed E-state index contributed by atoms with van der Waals surface area (Å²) >= 11 is 3.32. The molecule has 0 fully saturated rings. The van der Waals surface area contributed by atoms with Gasteiger partial charge >= 0.3 is 0 Å². The van der Waals surface area contributed by atoms with Crippen molar-refractivity contribution in [1.29, 1.82) is 0 Å². The van der Waals surface area contributed by atoms with Crippen LogP contribution in [0.15, 0.2) is 16.9 Å². The van der Waals surface area contributed by atoms with Crippen LogP contribution in [0.25, 0.3) is 0 Å². The molecule has 0 saturated heterocycles. The van der Waals surface area contributed by atoms with E-state index in [0.717, 1.165) is 16.7 Å². The van der Waals surface area contributed by atoms with Gasteiger partial charge in [0.1, 0.15) is 4.60 Å². The third-order valence-corrected chi connectivity index (χ3v) is 2.46. The summed E-state index contributed by atoms with van der Waals surface area (Å²) in [5.41, 5.74) is 7.43. The Morgan fingerprint density at radius 1 is 1.64 bits per heavy atom. The number of nitrogen functional groups attached to an aromatic ring is 1. The molecule has 0 aliphatic carbocycles. The smallest absolute Gasteiger partial charge is 0.108 e. The first kappa shape index (κ1) is 11.3. The fraction of sp³-hybridized carbons (Fsp3) is 0.500. The lowest BCUT2D eigenvalue weighted by atomic mass is 10.2. The zero-order chi connectivity index (χ0) is 10.6. The second-order valence-corrected chi connectivity index (χ2v) is 4.24. The minimum atomic E-state index is 0.441. The van der Waals surface area contributed by atoms with Gasteiger partial charge in [0, 0.05) is 6.04 Å². The minimum Gasteiger partial charge on any atom is -0.396 e. The molecule has 0 saturated carbocycles. The summed E-state index contributed by atoms with van der Waals surface area (Å²) in [6.45, 7) is 4.32. The standard InChI is InChI=1S/C10H16BrN3/c1-3-4-7(2)14-9-5-10(11)13-6-8(9)12/h5-7H,3-4,12H2,1-2H3,(H,13,14). The summed E-state index contributed by atoms with van der Waals surface area (Å²) in [6.07, 6.45) is 3.96. The zero-order valence-electron chi connectivity index (χ0n) is 8.55. The molecule has 1 aromatic rings. The van der Waals surface area contributed by atoms with E-state index in [9.17, 15) is 0 Å². The van der Waals surface area contributed by atoms with Crippen LogP contribution >= 0.6 is 15.9 Å². The van der Waals surface area contributed by atoms with Crippen molar-refractivity contribution in [2.24, 2.45) is 0 Å². The van der Waals surface area contributed by atoms with Crippen molar-refractivity contribution in [1.82, 2.24) is 4.98 Å². The van der Waals surface area contributed by atoms with Gasteiger partial charge in [-0.2, -0.15) is 0 Å². The Balaban J connectivity index is 2.70. The number of anilines is 2. The first-order valence-electron chi connectivity index (χ1n) is 4.81. The van der Waals surface area contributed by atoms with Gasteiger partial charge in [-0.3, -0.25) is 0 Å². The van der Waals surface area contributed by atoms with Gasteiger partial charge in [-0.15, -0.1) is 0 Å². The maximum atomic E-state index is 5.79. The molecule has 0 bridgehead atoms. The molecule has 0 amide bonds. The Morgan fingerprint density at radius 2 is 2.36 bits per heavy atom. The van der Waals surface area contributed by atoms with Crippen LogP contribution in [-0.4, -0.2) is 11.0 Å². The largest absolute Gasteiger partial charge is 0.396 e. The number of pyridine rings is 1. The molecule has 78 valence electrons. The van der Waals surface area contributed by atoms with Crippen LogP contribution in [-0.2, 0) is 0 Å². The van der Waals surface area contributed by atoms with Crippen LogP contribution in [0.5, 0.6) is 0 Å². The van der Waals surface area contributed by atoms with Crippen LogP contribution in [0.1, 0.15) is 26.7 Å². The molecule has 0 aliphatic rings. The normalized spacial score (nSPS) is 12.5. The van der Waals surface area contributed by atoms with Crippen LogP contribution in [0.3, 0.4) is 0 Å². The number of halogens is 1. The number of aromatic nitrogens is 1. The maximum Gasteiger partial charge on any atom is 0.108 e. The highest BCUT2D eigenvalue weighted by Crippen LogP contribution is 2.22. The molecule has 1 atom stereocenters. The molecule has 14 heavy (non-hydrogen) atoms. The summed E-state index contributed by atoms with van der Waals surface area (Å²) in [5.74, 6) is 0. The zero-order valence-corrected chi connectivity index (χ0v) is 10.1. The van der Waals surface area contributed by atoms with Gasteiger partial charge in [0.05, 0.1) is 17.6 Å². The molecule has 3 nitrogen and oxygen atoms in total. The fourth-order valence-electron chi connectivity index (χ4n) is 1.34. The number of nitrogens with zero attached hydrogens (tertiary/aromatic N) is 1. The van der Waals surface area contributed by atoms with Crippen molar-refractivity contribution in [3.05, 3.63) is 16.9 Å². The van der Waals surface area contributed by atoms with Crippen molar-refractivity contribution in [3.63, 3.8) is 0 Å². The molecule has 0 aliphatic heterocycles. The van der Waals surface area contributed by atoms with Gasteiger partial charge in [-0.05, 0) is 35.3 Å². The third-order valence-electron chi connectivity index (χ3n) is 2.03. The summed E-state index contributed by atoms with van der Waals surface area (Å²) in [5, 5.41) is 3.36. The average Bonchev–Trinajstić information content (AvgIpc) is 2.12.